The summed E-state index contributed by atoms with van der Waals surface area (Å²) in [7, 11) is 0. The van der Waals surface area contributed by atoms with Crippen molar-refractivity contribution < 1.29 is 0 Å². The van der Waals surface area contributed by atoms with Gasteiger partial charge in [-0.15, -0.1) is 11.3 Å². The van der Waals surface area contributed by atoms with E-state index in [1.807, 2.05) is 11.3 Å². The minimum Gasteiger partial charge on any atom is -0.343 e. The number of hydrogen-bond acceptors (Lipinski definition) is 2. The van der Waals surface area contributed by atoms with Crippen LogP contribution in [0.4, 0.5) is 0 Å². The Morgan fingerprint density at radius 2 is 2.12 bits per heavy atom. The van der Waals surface area contributed by atoms with Crippen molar-refractivity contribution in [3.05, 3.63) is 55.8 Å². The second-order valence-corrected chi connectivity index (χ2v) is 9.41. The molecule has 1 aliphatic heterocycles. The maximum Gasteiger partial charge on any atom is 0.0507 e. The molecule has 0 fully saturated rings. The van der Waals surface area contributed by atoms with Crippen molar-refractivity contribution in [1.29, 1.82) is 0 Å². The molecule has 1 aromatic carbocycles. The van der Waals surface area contributed by atoms with Crippen LogP contribution in [0.3, 0.4) is 0 Å². The van der Waals surface area contributed by atoms with E-state index < -0.39 is 0 Å². The summed E-state index contributed by atoms with van der Waals surface area (Å²) in [6.07, 6.45) is 5.11. The van der Waals surface area contributed by atoms with Crippen LogP contribution in [-0.2, 0) is 19.5 Å². The lowest BCUT2D eigenvalue weighted by molar-refractivity contribution is 0.175. The number of benzene rings is 1. The third kappa shape index (κ3) is 2.70. The molecule has 0 unspecified atom stereocenters. The number of nitrogens with zero attached hydrogens (tertiary/aromatic N) is 2. The van der Waals surface area contributed by atoms with Crippen LogP contribution in [0.5, 0.6) is 0 Å². The highest BCUT2D eigenvalue weighted by molar-refractivity contribution is 9.10. The molecule has 2 nitrogen and oxygen atoms in total. The van der Waals surface area contributed by atoms with E-state index in [2.05, 4.69) is 62.0 Å². The summed E-state index contributed by atoms with van der Waals surface area (Å²) in [5, 5.41) is 3.72. The van der Waals surface area contributed by atoms with Crippen molar-refractivity contribution in [2.75, 3.05) is 6.54 Å². The summed E-state index contributed by atoms with van der Waals surface area (Å²) in [5.74, 6) is 0. The number of aryl methyl sites for hydroxylation is 3. The molecule has 2 aromatic heterocycles. The lowest BCUT2D eigenvalue weighted by Gasteiger charge is -2.33. The van der Waals surface area contributed by atoms with Gasteiger partial charge in [-0.2, -0.15) is 0 Å². The number of fused-ring (bicyclic) bond motifs is 3. The van der Waals surface area contributed by atoms with Gasteiger partial charge >= 0.3 is 0 Å². The lowest BCUT2D eigenvalue weighted by atomic mass is 9.90. The molecular formula is C21H23BrN2S. The minimum absolute atomic E-state index is 0.583. The highest BCUT2D eigenvalue weighted by Gasteiger charge is 2.33. The molecule has 0 bridgehead atoms. The lowest BCUT2D eigenvalue weighted by Crippen LogP contribution is -2.30. The molecule has 0 saturated carbocycles. The number of aromatic nitrogens is 1. The van der Waals surface area contributed by atoms with Gasteiger partial charge in [0.25, 0.3) is 0 Å². The fourth-order valence-corrected chi connectivity index (χ4v) is 6.30. The second-order valence-electron chi connectivity index (χ2n) is 7.50. The summed E-state index contributed by atoms with van der Waals surface area (Å²) >= 11 is 5.49. The van der Waals surface area contributed by atoms with Gasteiger partial charge in [0, 0.05) is 51.0 Å². The van der Waals surface area contributed by atoms with Crippen LogP contribution in [0.2, 0.25) is 0 Å². The second kappa shape index (κ2) is 6.26. The molecule has 0 saturated heterocycles. The van der Waals surface area contributed by atoms with E-state index in [0.29, 0.717) is 6.04 Å². The van der Waals surface area contributed by atoms with Crippen molar-refractivity contribution in [1.82, 2.24) is 9.47 Å². The first-order valence-corrected chi connectivity index (χ1v) is 11.0. The fraction of sp³-hybridized carbons (Fsp3) is 0.429. The van der Waals surface area contributed by atoms with Gasteiger partial charge in [0.1, 0.15) is 0 Å². The third-order valence-electron chi connectivity index (χ3n) is 5.84. The molecular weight excluding hydrogens is 392 g/mol. The molecule has 1 aliphatic carbocycles. The van der Waals surface area contributed by atoms with E-state index in [0.717, 1.165) is 13.1 Å². The smallest absolute Gasteiger partial charge is 0.0507 e. The highest BCUT2D eigenvalue weighted by atomic mass is 79.9. The summed E-state index contributed by atoms with van der Waals surface area (Å²) < 4.78 is 3.87. The maximum absolute atomic E-state index is 3.61. The van der Waals surface area contributed by atoms with E-state index >= 15 is 0 Å². The Bertz CT molecular complexity index is 935. The van der Waals surface area contributed by atoms with E-state index in [4.69, 9.17) is 0 Å². The zero-order chi connectivity index (χ0) is 17.0. The number of rotatable bonds is 2. The first kappa shape index (κ1) is 16.1. The summed E-state index contributed by atoms with van der Waals surface area (Å²) in [5.41, 5.74) is 6.10. The predicted molar refractivity (Wildman–Crippen MR) is 109 cm³/mol. The Morgan fingerprint density at radius 1 is 1.20 bits per heavy atom. The van der Waals surface area contributed by atoms with Crippen LogP contribution in [0.25, 0.3) is 10.9 Å². The molecule has 0 radical (unpaired) electrons. The molecule has 0 amide bonds. The van der Waals surface area contributed by atoms with Crippen LogP contribution in [0, 0.1) is 6.92 Å². The fourth-order valence-electron chi connectivity index (χ4n) is 4.82. The van der Waals surface area contributed by atoms with Gasteiger partial charge in [0.15, 0.2) is 0 Å². The van der Waals surface area contributed by atoms with Gasteiger partial charge in [-0.05, 0) is 72.3 Å². The van der Waals surface area contributed by atoms with Crippen molar-refractivity contribution in [3.63, 3.8) is 0 Å². The summed E-state index contributed by atoms with van der Waals surface area (Å²) in [4.78, 5) is 4.21. The van der Waals surface area contributed by atoms with Crippen molar-refractivity contribution >= 4 is 38.2 Å². The number of thiophene rings is 1. The summed E-state index contributed by atoms with van der Waals surface area (Å²) in [6, 6.07) is 9.91. The quantitative estimate of drug-likeness (QED) is 0.494. The SMILES string of the molecule is Cc1ccc2c(c1)c1c3n2CCCN(Cc2cc(Br)cs2)[C@H]3CCC1. The van der Waals surface area contributed by atoms with Crippen molar-refractivity contribution in [2.24, 2.45) is 0 Å². The highest BCUT2D eigenvalue weighted by Crippen LogP contribution is 2.43. The zero-order valence-corrected chi connectivity index (χ0v) is 17.0. The van der Waals surface area contributed by atoms with E-state index in [1.165, 1.54) is 58.0 Å². The molecule has 0 N–H and O–H groups in total. The molecule has 3 heterocycles. The normalized spacial score (nSPS) is 20.6. The Balaban J connectivity index is 1.61. The van der Waals surface area contributed by atoms with E-state index in [9.17, 15) is 0 Å². The van der Waals surface area contributed by atoms with Gasteiger partial charge in [0.2, 0.25) is 0 Å². The predicted octanol–water partition coefficient (Wildman–Crippen LogP) is 6.06. The average Bonchev–Trinajstić information content (AvgIpc) is 3.09. The Hall–Kier alpha value is -1.10. The van der Waals surface area contributed by atoms with Gasteiger partial charge in [0.05, 0.1) is 6.04 Å². The topological polar surface area (TPSA) is 8.17 Å². The van der Waals surface area contributed by atoms with Crippen LogP contribution < -0.4 is 0 Å². The van der Waals surface area contributed by atoms with Gasteiger partial charge in [-0.3, -0.25) is 4.90 Å². The zero-order valence-electron chi connectivity index (χ0n) is 14.6. The average molecular weight is 415 g/mol. The third-order valence-corrected chi connectivity index (χ3v) is 7.52. The Labute approximate surface area is 161 Å². The monoisotopic (exact) mass is 414 g/mol. The summed E-state index contributed by atoms with van der Waals surface area (Å²) in [6.45, 7) is 5.67. The largest absolute Gasteiger partial charge is 0.343 e. The first-order chi connectivity index (χ1) is 12.2. The molecule has 1 atom stereocenters. The minimum atomic E-state index is 0.583. The van der Waals surface area contributed by atoms with Crippen molar-refractivity contribution in [2.45, 2.75) is 51.7 Å². The van der Waals surface area contributed by atoms with E-state index in [-0.39, 0.29) is 0 Å². The van der Waals surface area contributed by atoms with Crippen LogP contribution >= 0.6 is 27.3 Å². The molecule has 0 spiro atoms. The van der Waals surface area contributed by atoms with Gasteiger partial charge in [-0.25, -0.2) is 0 Å². The maximum atomic E-state index is 3.61. The number of halogens is 1. The van der Waals surface area contributed by atoms with Crippen LogP contribution in [0.1, 0.15) is 47.0 Å². The van der Waals surface area contributed by atoms with Gasteiger partial charge < -0.3 is 4.57 Å². The first-order valence-electron chi connectivity index (χ1n) is 9.29. The standard InChI is InChI=1S/C21H23BrN2S/c1-14-6-7-19-18(10-14)17-4-2-5-20-21(17)24(19)9-3-8-23(20)12-16-11-15(22)13-25-16/h6-7,10-11,13,20H,2-5,8-9,12H2,1H3/t20-/m0/s1. The number of hydrogen-bond donors (Lipinski definition) is 0. The molecule has 5 rings (SSSR count). The van der Waals surface area contributed by atoms with Crippen molar-refractivity contribution in [3.8, 4) is 0 Å². The Kier molecular flexibility index (Phi) is 4.03. The van der Waals surface area contributed by atoms with E-state index in [1.54, 1.807) is 11.3 Å². The molecule has 3 aromatic rings. The van der Waals surface area contributed by atoms with Crippen LogP contribution in [-0.4, -0.2) is 16.0 Å². The Morgan fingerprint density at radius 3 is 2.96 bits per heavy atom. The van der Waals surface area contributed by atoms with Gasteiger partial charge in [-0.1, -0.05) is 11.6 Å². The molecule has 2 aliphatic rings. The molecule has 4 heteroatoms. The van der Waals surface area contributed by atoms with Crippen LogP contribution in [0.15, 0.2) is 34.1 Å². The molecule has 25 heavy (non-hydrogen) atoms. The molecule has 130 valence electrons.